The molecule has 0 bridgehead atoms. The normalized spacial score (nSPS) is 12.9. The molecule has 3 amide bonds. The second kappa shape index (κ2) is 13.1. The van der Waals surface area contributed by atoms with E-state index in [4.69, 9.17) is 4.42 Å². The van der Waals surface area contributed by atoms with Gasteiger partial charge in [-0.05, 0) is 73.2 Å². The first-order valence-electron chi connectivity index (χ1n) is 14.5. The molecule has 11 nitrogen and oxygen atoms in total. The number of hydrogen-bond acceptors (Lipinski definition) is 7. The van der Waals surface area contributed by atoms with E-state index in [9.17, 15) is 32.0 Å². The SMILES string of the molecule is CNC(=O)c1c(-c2ccc(F)cc2)oc2cc(N(CC(=O)NCC(=O)NCc3cccc(C(C)=O)c3)S(C)(=O)=O)c(C3CC3)cc12. The molecule has 13 heteroatoms. The number of benzene rings is 3. The van der Waals surface area contributed by atoms with Crippen molar-refractivity contribution in [3.8, 4) is 11.3 Å². The maximum Gasteiger partial charge on any atom is 0.255 e. The highest BCUT2D eigenvalue weighted by atomic mass is 32.2. The zero-order valence-corrected chi connectivity index (χ0v) is 26.3. The Balaban J connectivity index is 1.39. The van der Waals surface area contributed by atoms with Gasteiger partial charge in [-0.25, -0.2) is 12.8 Å². The fourth-order valence-corrected chi connectivity index (χ4v) is 6.02. The summed E-state index contributed by atoms with van der Waals surface area (Å²) in [4.78, 5) is 50.1. The molecule has 0 atom stereocenters. The van der Waals surface area contributed by atoms with Crippen LogP contribution in [0.15, 0.2) is 65.1 Å². The quantitative estimate of drug-likeness (QED) is 0.197. The number of hydrogen-bond donors (Lipinski definition) is 3. The lowest BCUT2D eigenvalue weighted by Crippen LogP contribution is -2.44. The van der Waals surface area contributed by atoms with E-state index in [0.29, 0.717) is 27.6 Å². The number of sulfonamides is 1. The van der Waals surface area contributed by atoms with Crippen molar-refractivity contribution in [2.24, 2.45) is 0 Å². The molecule has 1 aromatic heterocycles. The standard InChI is InChI=1S/C33H33FN4O7S/c1-19(39)23-6-4-5-20(13-23)16-36-29(40)17-37-30(41)18-38(46(3,43)44)27-15-28-26(14-25(27)21-7-8-21)31(33(42)35-2)32(45-28)22-9-11-24(34)12-10-22/h4-6,9-15,21H,7-8,16-18H2,1-3H3,(H,35,42)(H,36,40)(H,37,41). The van der Waals surface area contributed by atoms with E-state index >= 15 is 0 Å². The van der Waals surface area contributed by atoms with E-state index in [1.807, 2.05) is 0 Å². The largest absolute Gasteiger partial charge is 0.455 e. The molecule has 1 aliphatic rings. The molecule has 0 saturated heterocycles. The Labute approximate surface area is 265 Å². The molecule has 1 saturated carbocycles. The van der Waals surface area contributed by atoms with Crippen LogP contribution in [0.3, 0.4) is 0 Å². The number of rotatable bonds is 12. The highest BCUT2D eigenvalue weighted by Crippen LogP contribution is 2.48. The summed E-state index contributed by atoms with van der Waals surface area (Å²) in [5.41, 5.74) is 2.96. The van der Waals surface area contributed by atoms with Gasteiger partial charge in [0.1, 0.15) is 23.7 Å². The Kier molecular flexibility index (Phi) is 9.24. The number of fused-ring (bicyclic) bond motifs is 1. The van der Waals surface area contributed by atoms with Crippen LogP contribution in [0.2, 0.25) is 0 Å². The van der Waals surface area contributed by atoms with Crippen molar-refractivity contribution in [1.82, 2.24) is 16.0 Å². The van der Waals surface area contributed by atoms with Gasteiger partial charge in [-0.3, -0.25) is 23.5 Å². The van der Waals surface area contributed by atoms with Crippen LogP contribution in [-0.2, 0) is 26.2 Å². The molecule has 46 heavy (non-hydrogen) atoms. The van der Waals surface area contributed by atoms with E-state index in [1.54, 1.807) is 30.3 Å². The maximum atomic E-state index is 13.6. The van der Waals surface area contributed by atoms with Crippen molar-refractivity contribution in [1.29, 1.82) is 0 Å². The molecule has 240 valence electrons. The Hall–Kier alpha value is -5.04. The summed E-state index contributed by atoms with van der Waals surface area (Å²) in [6.45, 7) is 0.579. The molecule has 0 radical (unpaired) electrons. The van der Waals surface area contributed by atoms with Crippen LogP contribution in [0.25, 0.3) is 22.3 Å². The smallest absolute Gasteiger partial charge is 0.255 e. The number of carbonyl (C=O) groups is 4. The maximum absolute atomic E-state index is 13.6. The van der Waals surface area contributed by atoms with E-state index in [2.05, 4.69) is 16.0 Å². The highest BCUT2D eigenvalue weighted by molar-refractivity contribution is 7.92. The van der Waals surface area contributed by atoms with Crippen LogP contribution in [-0.4, -0.2) is 58.3 Å². The summed E-state index contributed by atoms with van der Waals surface area (Å²) in [5.74, 6) is -2.02. The topological polar surface area (TPSA) is 155 Å². The summed E-state index contributed by atoms with van der Waals surface area (Å²) < 4.78 is 46.8. The van der Waals surface area contributed by atoms with Gasteiger partial charge in [0, 0.05) is 36.2 Å². The third-order valence-electron chi connectivity index (χ3n) is 7.64. The molecule has 0 aliphatic heterocycles. The molecule has 0 unspecified atom stereocenters. The number of nitrogens with zero attached hydrogens (tertiary/aromatic N) is 1. The third kappa shape index (κ3) is 7.26. The average molecular weight is 649 g/mol. The molecule has 0 spiro atoms. The minimum Gasteiger partial charge on any atom is -0.455 e. The van der Waals surface area contributed by atoms with Crippen molar-refractivity contribution in [3.05, 3.63) is 88.7 Å². The van der Waals surface area contributed by atoms with Crippen molar-refractivity contribution in [2.45, 2.75) is 32.2 Å². The predicted octanol–water partition coefficient (Wildman–Crippen LogP) is 3.88. The van der Waals surface area contributed by atoms with Crippen molar-refractivity contribution >= 4 is 50.2 Å². The molecule has 4 aromatic rings. The molecular weight excluding hydrogens is 615 g/mol. The Bertz CT molecular complexity index is 1950. The number of ketones is 1. The lowest BCUT2D eigenvalue weighted by Gasteiger charge is -2.24. The second-order valence-corrected chi connectivity index (χ2v) is 13.1. The van der Waals surface area contributed by atoms with Crippen LogP contribution in [0.5, 0.6) is 0 Å². The highest BCUT2D eigenvalue weighted by Gasteiger charge is 2.34. The van der Waals surface area contributed by atoms with Crippen LogP contribution in [0, 0.1) is 5.82 Å². The number of anilines is 1. The number of nitrogens with one attached hydrogen (secondary N) is 3. The number of furan rings is 1. The fourth-order valence-electron chi connectivity index (χ4n) is 5.15. The van der Waals surface area contributed by atoms with Gasteiger partial charge in [-0.1, -0.05) is 18.2 Å². The fraction of sp³-hybridized carbons (Fsp3) is 0.273. The number of amides is 3. The summed E-state index contributed by atoms with van der Waals surface area (Å²) in [7, 11) is -2.53. The van der Waals surface area contributed by atoms with E-state index in [-0.39, 0.29) is 40.8 Å². The summed E-state index contributed by atoms with van der Waals surface area (Å²) in [6, 6.07) is 15.5. The molecular formula is C33H33FN4O7S. The van der Waals surface area contributed by atoms with Gasteiger partial charge in [0.05, 0.1) is 24.1 Å². The Morgan fingerprint density at radius 1 is 0.978 bits per heavy atom. The van der Waals surface area contributed by atoms with Crippen LogP contribution < -0.4 is 20.3 Å². The zero-order chi connectivity index (χ0) is 33.2. The van der Waals surface area contributed by atoms with Crippen LogP contribution in [0.4, 0.5) is 10.1 Å². The van der Waals surface area contributed by atoms with E-state index in [1.165, 1.54) is 44.3 Å². The van der Waals surface area contributed by atoms with Gasteiger partial charge in [-0.15, -0.1) is 0 Å². The lowest BCUT2D eigenvalue weighted by molar-refractivity contribution is -0.125. The molecule has 1 heterocycles. The van der Waals surface area contributed by atoms with Crippen molar-refractivity contribution < 1.29 is 36.4 Å². The molecule has 5 rings (SSSR count). The van der Waals surface area contributed by atoms with Crippen molar-refractivity contribution in [3.63, 3.8) is 0 Å². The monoisotopic (exact) mass is 648 g/mol. The van der Waals surface area contributed by atoms with Crippen LogP contribution >= 0.6 is 0 Å². The van der Waals surface area contributed by atoms with Crippen molar-refractivity contribution in [2.75, 3.05) is 30.7 Å². The average Bonchev–Trinajstić information content (AvgIpc) is 3.81. The van der Waals surface area contributed by atoms with Gasteiger partial charge >= 0.3 is 0 Å². The zero-order valence-electron chi connectivity index (χ0n) is 25.5. The van der Waals surface area contributed by atoms with Gasteiger partial charge < -0.3 is 20.4 Å². The Morgan fingerprint density at radius 2 is 1.70 bits per heavy atom. The first-order chi connectivity index (χ1) is 21.8. The van der Waals surface area contributed by atoms with Gasteiger partial charge in [0.15, 0.2) is 5.78 Å². The van der Waals surface area contributed by atoms with E-state index in [0.717, 1.165) is 23.4 Å². The first-order valence-corrected chi connectivity index (χ1v) is 16.4. The predicted molar refractivity (Wildman–Crippen MR) is 170 cm³/mol. The Morgan fingerprint density at radius 3 is 2.33 bits per heavy atom. The van der Waals surface area contributed by atoms with Gasteiger partial charge in [-0.2, -0.15) is 0 Å². The molecule has 3 aromatic carbocycles. The summed E-state index contributed by atoms with van der Waals surface area (Å²) in [6.07, 6.45) is 2.55. The molecule has 3 N–H and O–H groups in total. The second-order valence-electron chi connectivity index (χ2n) is 11.2. The lowest BCUT2D eigenvalue weighted by atomic mass is 10.0. The van der Waals surface area contributed by atoms with Gasteiger partial charge in [0.25, 0.3) is 5.91 Å². The third-order valence-corrected chi connectivity index (χ3v) is 8.77. The van der Waals surface area contributed by atoms with E-state index < -0.39 is 46.7 Å². The minimum atomic E-state index is -4.01. The summed E-state index contributed by atoms with van der Waals surface area (Å²) in [5, 5.41) is 8.18. The molecule has 1 aliphatic carbocycles. The minimum absolute atomic E-state index is 0.000650. The first kappa shape index (κ1) is 32.4. The summed E-state index contributed by atoms with van der Waals surface area (Å²) >= 11 is 0. The number of halogens is 1. The number of Topliss-reactive ketones (excluding diaryl/α,β-unsaturated/α-hetero) is 1. The number of carbonyl (C=O) groups excluding carboxylic acids is 4. The van der Waals surface area contributed by atoms with Gasteiger partial charge in [0.2, 0.25) is 21.8 Å². The molecule has 1 fully saturated rings. The van der Waals surface area contributed by atoms with Crippen LogP contribution in [0.1, 0.15) is 57.5 Å².